The molecule has 2 heterocycles. The van der Waals surface area contributed by atoms with Crippen LogP contribution in [0.1, 0.15) is 23.7 Å². The van der Waals surface area contributed by atoms with Gasteiger partial charge in [0, 0.05) is 6.07 Å². The number of rotatable bonds is 2. The van der Waals surface area contributed by atoms with Crippen molar-refractivity contribution in [2.75, 3.05) is 0 Å². The molecule has 150 valence electrons. The molecule has 1 aliphatic rings. The van der Waals surface area contributed by atoms with Crippen LogP contribution in [0.5, 0.6) is 5.75 Å². The number of hydrogen-bond donors (Lipinski definition) is 1. The van der Waals surface area contributed by atoms with Crippen molar-refractivity contribution >= 4 is 10.9 Å². The first kappa shape index (κ1) is 18.3. The van der Waals surface area contributed by atoms with E-state index >= 15 is 0 Å². The highest BCUT2D eigenvalue weighted by Gasteiger charge is 2.27. The number of nitrogens with one attached hydrogen (secondary N) is 1. The van der Waals surface area contributed by atoms with E-state index < -0.39 is 29.0 Å². The van der Waals surface area contributed by atoms with E-state index in [0.29, 0.717) is 35.2 Å². The standard InChI is InChI=1S/C23H16F2N2O3/c24-16-5-3-6-17(25)21(16)19-11-9-13-8-10-14(12-20(13)30-19)27-22(28)15-4-1-2-7-18(15)26-23(27)29/h1-8,10,12,19H,9,11H2,(H,26,29). The average Bonchev–Trinajstić information content (AvgIpc) is 2.73. The molecule has 0 saturated carbocycles. The van der Waals surface area contributed by atoms with E-state index in [0.717, 1.165) is 10.1 Å². The van der Waals surface area contributed by atoms with Crippen LogP contribution in [-0.2, 0) is 6.42 Å². The molecule has 0 amide bonds. The Morgan fingerprint density at radius 3 is 2.53 bits per heavy atom. The molecule has 0 saturated heterocycles. The largest absolute Gasteiger partial charge is 0.485 e. The Hall–Kier alpha value is -3.74. The molecule has 0 bridgehead atoms. The summed E-state index contributed by atoms with van der Waals surface area (Å²) in [5, 5.41) is 0.377. The van der Waals surface area contributed by atoms with Gasteiger partial charge in [0.2, 0.25) is 0 Å². The summed E-state index contributed by atoms with van der Waals surface area (Å²) < 4.78 is 35.3. The van der Waals surface area contributed by atoms with E-state index in [1.165, 1.54) is 18.2 Å². The number of nitrogens with zero attached hydrogens (tertiary/aromatic N) is 1. The molecule has 0 spiro atoms. The predicted octanol–water partition coefficient (Wildman–Crippen LogP) is 4.02. The number of halogens is 2. The second-order valence-electron chi connectivity index (χ2n) is 7.19. The zero-order valence-electron chi connectivity index (χ0n) is 15.7. The lowest BCUT2D eigenvalue weighted by molar-refractivity contribution is 0.167. The van der Waals surface area contributed by atoms with E-state index in [1.54, 1.807) is 42.5 Å². The van der Waals surface area contributed by atoms with Crippen LogP contribution in [0.2, 0.25) is 0 Å². The molecule has 0 radical (unpaired) electrons. The van der Waals surface area contributed by atoms with Crippen LogP contribution in [0.15, 0.2) is 70.3 Å². The van der Waals surface area contributed by atoms with E-state index in [-0.39, 0.29) is 5.56 Å². The molecule has 7 heteroatoms. The summed E-state index contributed by atoms with van der Waals surface area (Å²) in [6.07, 6.45) is 0.179. The highest BCUT2D eigenvalue weighted by atomic mass is 19.1. The zero-order valence-corrected chi connectivity index (χ0v) is 15.7. The van der Waals surface area contributed by atoms with Gasteiger partial charge in [-0.1, -0.05) is 24.3 Å². The van der Waals surface area contributed by atoms with Crippen LogP contribution in [0, 0.1) is 11.6 Å². The number of para-hydroxylation sites is 1. The van der Waals surface area contributed by atoms with Gasteiger partial charge in [-0.3, -0.25) is 4.79 Å². The van der Waals surface area contributed by atoms with Crippen molar-refractivity contribution in [2.45, 2.75) is 18.9 Å². The van der Waals surface area contributed by atoms with Crippen molar-refractivity contribution in [2.24, 2.45) is 0 Å². The van der Waals surface area contributed by atoms with Crippen LogP contribution in [-0.4, -0.2) is 9.55 Å². The van der Waals surface area contributed by atoms with Gasteiger partial charge in [-0.05, 0) is 48.7 Å². The van der Waals surface area contributed by atoms with Crippen molar-refractivity contribution in [3.8, 4) is 11.4 Å². The summed E-state index contributed by atoms with van der Waals surface area (Å²) in [4.78, 5) is 28.2. The van der Waals surface area contributed by atoms with Gasteiger partial charge in [-0.15, -0.1) is 0 Å². The molecule has 1 unspecified atom stereocenters. The van der Waals surface area contributed by atoms with Crippen LogP contribution in [0.4, 0.5) is 8.78 Å². The maximum Gasteiger partial charge on any atom is 0.333 e. The zero-order chi connectivity index (χ0) is 20.8. The number of ether oxygens (including phenoxy) is 1. The Labute approximate surface area is 169 Å². The van der Waals surface area contributed by atoms with Crippen LogP contribution in [0.3, 0.4) is 0 Å². The highest BCUT2D eigenvalue weighted by molar-refractivity contribution is 5.77. The molecular formula is C23H16F2N2O3. The first-order valence-electron chi connectivity index (χ1n) is 9.51. The smallest absolute Gasteiger partial charge is 0.333 e. The number of aromatic amines is 1. The molecule has 1 N–H and O–H groups in total. The number of aromatic nitrogens is 2. The molecule has 0 fully saturated rings. The summed E-state index contributed by atoms with van der Waals surface area (Å²) in [6, 6.07) is 15.4. The van der Waals surface area contributed by atoms with Gasteiger partial charge in [0.25, 0.3) is 5.56 Å². The predicted molar refractivity (Wildman–Crippen MR) is 108 cm³/mol. The fourth-order valence-corrected chi connectivity index (χ4v) is 3.92. The van der Waals surface area contributed by atoms with Crippen LogP contribution in [0.25, 0.3) is 16.6 Å². The van der Waals surface area contributed by atoms with Gasteiger partial charge >= 0.3 is 5.69 Å². The van der Waals surface area contributed by atoms with E-state index in [2.05, 4.69) is 4.98 Å². The maximum atomic E-state index is 14.2. The van der Waals surface area contributed by atoms with Gasteiger partial charge in [0.1, 0.15) is 23.5 Å². The Kier molecular flexibility index (Phi) is 4.24. The quantitative estimate of drug-likeness (QED) is 0.547. The van der Waals surface area contributed by atoms with Crippen molar-refractivity contribution in [3.05, 3.63) is 104 Å². The topological polar surface area (TPSA) is 64.1 Å². The van der Waals surface area contributed by atoms with Gasteiger partial charge in [-0.2, -0.15) is 0 Å². The molecule has 5 rings (SSSR count). The van der Waals surface area contributed by atoms with Crippen molar-refractivity contribution in [1.29, 1.82) is 0 Å². The molecule has 5 nitrogen and oxygen atoms in total. The first-order valence-corrected chi connectivity index (χ1v) is 9.51. The molecule has 4 aromatic rings. The minimum Gasteiger partial charge on any atom is -0.485 e. The van der Waals surface area contributed by atoms with Crippen LogP contribution < -0.4 is 16.0 Å². The third-order valence-electron chi connectivity index (χ3n) is 5.38. The molecule has 1 aromatic heterocycles. The Morgan fingerprint density at radius 2 is 1.73 bits per heavy atom. The summed E-state index contributed by atoms with van der Waals surface area (Å²) in [5.41, 5.74) is 0.465. The summed E-state index contributed by atoms with van der Waals surface area (Å²) in [5.74, 6) is -0.936. The van der Waals surface area contributed by atoms with Gasteiger partial charge < -0.3 is 9.72 Å². The van der Waals surface area contributed by atoms with Gasteiger partial charge in [0.05, 0.1) is 22.2 Å². The third-order valence-corrected chi connectivity index (χ3v) is 5.38. The highest BCUT2D eigenvalue weighted by Crippen LogP contribution is 2.37. The second kappa shape index (κ2) is 6.95. The number of aryl methyl sites for hydroxylation is 1. The molecule has 1 atom stereocenters. The monoisotopic (exact) mass is 406 g/mol. The summed E-state index contributed by atoms with van der Waals surface area (Å²) in [7, 11) is 0. The molecule has 3 aromatic carbocycles. The van der Waals surface area contributed by atoms with E-state index in [1.807, 2.05) is 0 Å². The molecule has 1 aliphatic heterocycles. The number of fused-ring (bicyclic) bond motifs is 2. The fourth-order valence-electron chi connectivity index (χ4n) is 3.92. The molecular weight excluding hydrogens is 390 g/mol. The second-order valence-corrected chi connectivity index (χ2v) is 7.19. The average molecular weight is 406 g/mol. The number of benzene rings is 3. The lowest BCUT2D eigenvalue weighted by Crippen LogP contribution is -2.33. The lowest BCUT2D eigenvalue weighted by atomic mass is 9.96. The molecule has 30 heavy (non-hydrogen) atoms. The summed E-state index contributed by atoms with van der Waals surface area (Å²) in [6.45, 7) is 0. The van der Waals surface area contributed by atoms with Crippen molar-refractivity contribution in [1.82, 2.24) is 9.55 Å². The summed E-state index contributed by atoms with van der Waals surface area (Å²) >= 11 is 0. The normalized spacial score (nSPS) is 15.6. The van der Waals surface area contributed by atoms with Crippen molar-refractivity contribution < 1.29 is 13.5 Å². The first-order chi connectivity index (χ1) is 14.5. The minimum absolute atomic E-state index is 0.116. The third kappa shape index (κ3) is 2.90. The van der Waals surface area contributed by atoms with Crippen LogP contribution >= 0.6 is 0 Å². The Bertz CT molecular complexity index is 1390. The van der Waals surface area contributed by atoms with Gasteiger partial charge in [-0.25, -0.2) is 18.1 Å². The maximum absolute atomic E-state index is 14.2. The minimum atomic E-state index is -0.791. The van der Waals surface area contributed by atoms with E-state index in [9.17, 15) is 18.4 Å². The SMILES string of the molecule is O=c1[nH]c2ccccc2c(=O)n1-c1ccc2c(c1)OC(c1c(F)cccc1F)CC2. The van der Waals surface area contributed by atoms with Gasteiger partial charge in [0.15, 0.2) is 0 Å². The Balaban J connectivity index is 1.60. The lowest BCUT2D eigenvalue weighted by Gasteiger charge is -2.27. The number of hydrogen-bond acceptors (Lipinski definition) is 3. The van der Waals surface area contributed by atoms with E-state index in [4.69, 9.17) is 4.74 Å². The van der Waals surface area contributed by atoms with Crippen molar-refractivity contribution in [3.63, 3.8) is 0 Å². The Morgan fingerprint density at radius 1 is 0.967 bits per heavy atom. The fraction of sp³-hybridized carbons (Fsp3) is 0.130. The number of H-pyrrole nitrogens is 1. The molecule has 0 aliphatic carbocycles.